The highest BCUT2D eigenvalue weighted by atomic mass is 32.2. The summed E-state index contributed by atoms with van der Waals surface area (Å²) in [6.45, 7) is 3.03. The van der Waals surface area contributed by atoms with Crippen LogP contribution in [-0.2, 0) is 29.1 Å². The van der Waals surface area contributed by atoms with Crippen LogP contribution in [0.15, 0.2) is 23.1 Å². The maximum atomic E-state index is 13.0. The number of nitrogens with zero attached hydrogens (tertiary/aromatic N) is 2. The Morgan fingerprint density at radius 3 is 2.59 bits per heavy atom. The van der Waals surface area contributed by atoms with Gasteiger partial charge in [0.25, 0.3) is 5.91 Å². The van der Waals surface area contributed by atoms with Gasteiger partial charge in [0.15, 0.2) is 6.61 Å². The number of hydrogen-bond donors (Lipinski definition) is 1. The summed E-state index contributed by atoms with van der Waals surface area (Å²) in [5.41, 5.74) is 1.71. The van der Waals surface area contributed by atoms with Crippen molar-refractivity contribution < 1.29 is 32.6 Å². The van der Waals surface area contributed by atoms with Crippen LogP contribution in [-0.4, -0.2) is 72.4 Å². The first-order chi connectivity index (χ1) is 13.6. The predicted molar refractivity (Wildman–Crippen MR) is 101 cm³/mol. The molecule has 0 aromatic heterocycles. The van der Waals surface area contributed by atoms with Gasteiger partial charge in [-0.15, -0.1) is 0 Å². The van der Waals surface area contributed by atoms with Crippen LogP contribution in [0.25, 0.3) is 0 Å². The fourth-order valence-corrected chi connectivity index (χ4v) is 5.20. The van der Waals surface area contributed by atoms with Crippen LogP contribution in [0.3, 0.4) is 0 Å². The number of aryl methyl sites for hydroxylation is 2. The van der Waals surface area contributed by atoms with Gasteiger partial charge in [0.1, 0.15) is 6.04 Å². The summed E-state index contributed by atoms with van der Waals surface area (Å²) in [5, 5.41) is 9.98. The molecule has 2 fully saturated rings. The molecule has 29 heavy (non-hydrogen) atoms. The van der Waals surface area contributed by atoms with Crippen molar-refractivity contribution in [2.45, 2.75) is 50.2 Å². The molecule has 1 aromatic carbocycles. The summed E-state index contributed by atoms with van der Waals surface area (Å²) >= 11 is 0. The Hall–Kier alpha value is -2.30. The van der Waals surface area contributed by atoms with Gasteiger partial charge in [-0.3, -0.25) is 19.3 Å². The number of carbonyl (C=O) groups excluding carboxylic acids is 3. The molecule has 2 atom stereocenters. The predicted octanol–water partition coefficient (Wildman–Crippen LogP) is 0.120. The smallest absolute Gasteiger partial charge is 0.325 e. The second-order valence-corrected chi connectivity index (χ2v) is 9.27. The van der Waals surface area contributed by atoms with E-state index in [1.807, 2.05) is 6.92 Å². The molecular formula is C19H24N2O7S. The minimum absolute atomic E-state index is 0.0197. The number of likely N-dealkylation sites (tertiary alicyclic amines) is 1. The molecule has 10 heteroatoms. The standard InChI is InChI=1S/C19H24N2O7S/c1-12-5-6-15(8-13(12)2)29(26,27)21-10-14(22)9-16(21)19(25)28-11-18(24)20-7-3-4-17(20)23/h5-6,8,14,16,22H,3-4,7,9-11H2,1-2H3. The first-order valence-corrected chi connectivity index (χ1v) is 10.8. The zero-order valence-electron chi connectivity index (χ0n) is 16.3. The number of aliphatic hydroxyl groups is 1. The number of hydrogen-bond acceptors (Lipinski definition) is 7. The number of aliphatic hydroxyl groups excluding tert-OH is 1. The second-order valence-electron chi connectivity index (χ2n) is 7.38. The van der Waals surface area contributed by atoms with Crippen molar-refractivity contribution in [2.75, 3.05) is 19.7 Å². The molecule has 2 aliphatic heterocycles. The van der Waals surface area contributed by atoms with Gasteiger partial charge >= 0.3 is 5.97 Å². The van der Waals surface area contributed by atoms with Gasteiger partial charge in [-0.25, -0.2) is 8.42 Å². The molecule has 1 N–H and O–H groups in total. The summed E-state index contributed by atoms with van der Waals surface area (Å²) < 4.78 is 32.0. The zero-order valence-corrected chi connectivity index (χ0v) is 17.1. The molecule has 2 amide bonds. The molecular weight excluding hydrogens is 400 g/mol. The van der Waals surface area contributed by atoms with E-state index in [1.54, 1.807) is 13.0 Å². The Labute approximate surface area is 169 Å². The number of sulfonamides is 1. The Morgan fingerprint density at radius 2 is 1.97 bits per heavy atom. The van der Waals surface area contributed by atoms with Gasteiger partial charge in [0, 0.05) is 25.9 Å². The van der Waals surface area contributed by atoms with Gasteiger partial charge in [0.05, 0.1) is 11.0 Å². The molecule has 0 radical (unpaired) electrons. The lowest BCUT2D eigenvalue weighted by molar-refractivity contribution is -0.156. The summed E-state index contributed by atoms with van der Waals surface area (Å²) in [7, 11) is -4.05. The molecule has 9 nitrogen and oxygen atoms in total. The van der Waals surface area contributed by atoms with Gasteiger partial charge in [0.2, 0.25) is 15.9 Å². The monoisotopic (exact) mass is 424 g/mol. The highest BCUT2D eigenvalue weighted by Gasteiger charge is 2.44. The van der Waals surface area contributed by atoms with E-state index >= 15 is 0 Å². The first kappa shape index (κ1) is 21.4. The van der Waals surface area contributed by atoms with Crippen LogP contribution in [0.5, 0.6) is 0 Å². The number of rotatable bonds is 5. The lowest BCUT2D eigenvalue weighted by Gasteiger charge is -2.23. The number of ether oxygens (including phenoxy) is 1. The van der Waals surface area contributed by atoms with E-state index in [2.05, 4.69) is 0 Å². The summed E-state index contributed by atoms with van der Waals surface area (Å²) in [5.74, 6) is -1.88. The molecule has 0 aliphatic carbocycles. The highest BCUT2D eigenvalue weighted by molar-refractivity contribution is 7.89. The van der Waals surface area contributed by atoms with Gasteiger partial charge in [-0.2, -0.15) is 4.31 Å². The van der Waals surface area contributed by atoms with Crippen molar-refractivity contribution in [3.8, 4) is 0 Å². The minimum atomic E-state index is -4.05. The zero-order chi connectivity index (χ0) is 21.3. The number of carbonyl (C=O) groups is 3. The van der Waals surface area contributed by atoms with Crippen LogP contribution in [0.1, 0.15) is 30.4 Å². The van der Waals surface area contributed by atoms with Crippen molar-refractivity contribution in [3.05, 3.63) is 29.3 Å². The average Bonchev–Trinajstić information content (AvgIpc) is 3.27. The third kappa shape index (κ3) is 4.34. The van der Waals surface area contributed by atoms with Crippen molar-refractivity contribution in [3.63, 3.8) is 0 Å². The fourth-order valence-electron chi connectivity index (χ4n) is 3.49. The van der Waals surface area contributed by atoms with E-state index in [1.165, 1.54) is 12.1 Å². The van der Waals surface area contributed by atoms with Crippen LogP contribution in [0.4, 0.5) is 0 Å². The van der Waals surface area contributed by atoms with E-state index in [0.29, 0.717) is 6.42 Å². The van der Waals surface area contributed by atoms with E-state index < -0.39 is 40.7 Å². The Morgan fingerprint density at radius 1 is 1.24 bits per heavy atom. The lowest BCUT2D eigenvalue weighted by Crippen LogP contribution is -2.43. The van der Waals surface area contributed by atoms with Crippen molar-refractivity contribution in [1.29, 1.82) is 0 Å². The Kier molecular flexibility index (Phi) is 6.06. The highest BCUT2D eigenvalue weighted by Crippen LogP contribution is 2.28. The summed E-state index contributed by atoms with van der Waals surface area (Å²) in [6.07, 6.45) is -0.310. The molecule has 1 aromatic rings. The molecule has 0 saturated carbocycles. The first-order valence-electron chi connectivity index (χ1n) is 9.38. The second kappa shape index (κ2) is 8.21. The molecule has 2 saturated heterocycles. The van der Waals surface area contributed by atoms with Crippen molar-refractivity contribution in [1.82, 2.24) is 9.21 Å². The number of esters is 1. The van der Waals surface area contributed by atoms with Gasteiger partial charge < -0.3 is 9.84 Å². The molecule has 158 valence electrons. The fraction of sp³-hybridized carbons (Fsp3) is 0.526. The largest absolute Gasteiger partial charge is 0.454 e. The number of benzene rings is 1. The van der Waals surface area contributed by atoms with Crippen molar-refractivity contribution >= 4 is 27.8 Å². The Balaban J connectivity index is 1.73. The molecule has 3 rings (SSSR count). The van der Waals surface area contributed by atoms with E-state index in [4.69, 9.17) is 4.74 Å². The quantitative estimate of drug-likeness (QED) is 0.666. The molecule has 0 bridgehead atoms. The molecule has 2 unspecified atom stereocenters. The van der Waals surface area contributed by atoms with Crippen molar-refractivity contribution in [2.24, 2.45) is 0 Å². The lowest BCUT2D eigenvalue weighted by atomic mass is 10.1. The number of imide groups is 1. The topological polar surface area (TPSA) is 121 Å². The van der Waals surface area contributed by atoms with E-state index in [-0.39, 0.29) is 36.7 Å². The minimum Gasteiger partial charge on any atom is -0.454 e. The summed E-state index contributed by atoms with van der Waals surface area (Å²) in [6, 6.07) is 3.40. The molecule has 2 heterocycles. The number of amides is 2. The van der Waals surface area contributed by atoms with E-state index in [0.717, 1.165) is 20.3 Å². The molecule has 2 aliphatic rings. The summed E-state index contributed by atoms with van der Waals surface area (Å²) in [4.78, 5) is 37.2. The maximum Gasteiger partial charge on any atom is 0.325 e. The van der Waals surface area contributed by atoms with Crippen LogP contribution in [0, 0.1) is 13.8 Å². The normalized spacial score (nSPS) is 22.9. The van der Waals surface area contributed by atoms with Crippen LogP contribution < -0.4 is 0 Å². The third-order valence-electron chi connectivity index (χ3n) is 5.30. The van der Waals surface area contributed by atoms with Gasteiger partial charge in [-0.1, -0.05) is 6.07 Å². The number of β-amino-alcohol motifs (C(OH)–C–C–N with tert-alkyl or cyclic N) is 1. The third-order valence-corrected chi connectivity index (χ3v) is 7.17. The molecule has 0 spiro atoms. The average molecular weight is 424 g/mol. The van der Waals surface area contributed by atoms with E-state index in [9.17, 15) is 27.9 Å². The van der Waals surface area contributed by atoms with Crippen LogP contribution in [0.2, 0.25) is 0 Å². The maximum absolute atomic E-state index is 13.0. The van der Waals surface area contributed by atoms with Gasteiger partial charge in [-0.05, 0) is 43.5 Å². The SMILES string of the molecule is Cc1ccc(S(=O)(=O)N2CC(O)CC2C(=O)OCC(=O)N2CCCC2=O)cc1C. The van der Waals surface area contributed by atoms with Crippen LogP contribution >= 0.6 is 0 Å². The Bertz CT molecular complexity index is 944.